The van der Waals surface area contributed by atoms with Crippen LogP contribution in [0, 0.1) is 0 Å². The van der Waals surface area contributed by atoms with Gasteiger partial charge < -0.3 is 10.1 Å². The van der Waals surface area contributed by atoms with E-state index in [4.69, 9.17) is 4.74 Å². The second-order valence-corrected chi connectivity index (χ2v) is 6.76. The van der Waals surface area contributed by atoms with Crippen LogP contribution in [0.15, 0.2) is 17.5 Å². The second-order valence-electron chi connectivity index (χ2n) is 5.81. The minimum absolute atomic E-state index is 0.225. The number of nitrogens with one attached hydrogen (secondary N) is 1. The van der Waals surface area contributed by atoms with Crippen LogP contribution in [0.1, 0.15) is 74.9 Å². The van der Waals surface area contributed by atoms with Crippen molar-refractivity contribution in [2.75, 3.05) is 6.61 Å². The zero-order valence-corrected chi connectivity index (χ0v) is 15.1. The first-order valence-corrected chi connectivity index (χ1v) is 9.54. The molecule has 0 bridgehead atoms. The van der Waals surface area contributed by atoms with Crippen LogP contribution in [0.3, 0.4) is 0 Å². The quantitative estimate of drug-likeness (QED) is 0.449. The van der Waals surface area contributed by atoms with E-state index in [-0.39, 0.29) is 11.9 Å². The molecular weight excluding hydrogens is 310 g/mol. The number of carbonyl (C=O) groups excluding carboxylic acids is 2. The van der Waals surface area contributed by atoms with Gasteiger partial charge in [-0.1, -0.05) is 57.9 Å². The van der Waals surface area contributed by atoms with Crippen LogP contribution in [0.2, 0.25) is 0 Å². The third-order valence-corrected chi connectivity index (χ3v) is 4.56. The highest BCUT2D eigenvalue weighted by molar-refractivity contribution is 7.12. The van der Waals surface area contributed by atoms with E-state index in [1.54, 1.807) is 13.0 Å². The Morgan fingerprint density at radius 2 is 1.78 bits per heavy atom. The summed E-state index contributed by atoms with van der Waals surface area (Å²) in [6.45, 7) is 4.31. The van der Waals surface area contributed by atoms with Crippen LogP contribution in [-0.2, 0) is 9.53 Å². The highest BCUT2D eigenvalue weighted by atomic mass is 32.1. The Balaban J connectivity index is 2.04. The molecule has 0 aliphatic carbocycles. The summed E-state index contributed by atoms with van der Waals surface area (Å²) in [5.41, 5.74) is 0. The van der Waals surface area contributed by atoms with Crippen molar-refractivity contribution >= 4 is 23.2 Å². The van der Waals surface area contributed by atoms with E-state index in [9.17, 15) is 9.59 Å². The minimum Gasteiger partial charge on any atom is -0.464 e. The Bertz CT molecular complexity index is 445. The van der Waals surface area contributed by atoms with Gasteiger partial charge in [-0.15, -0.1) is 11.3 Å². The fraction of sp³-hybridized carbons (Fsp3) is 0.667. The number of esters is 1. The van der Waals surface area contributed by atoms with Gasteiger partial charge in [0.25, 0.3) is 5.91 Å². The van der Waals surface area contributed by atoms with E-state index in [1.165, 1.54) is 49.9 Å². The lowest BCUT2D eigenvalue weighted by atomic mass is 10.1. The van der Waals surface area contributed by atoms with Crippen molar-refractivity contribution in [1.82, 2.24) is 5.32 Å². The Kier molecular flexibility index (Phi) is 10.4. The van der Waals surface area contributed by atoms with Gasteiger partial charge in [-0.25, -0.2) is 4.79 Å². The molecule has 1 aromatic heterocycles. The van der Waals surface area contributed by atoms with Gasteiger partial charge in [0.1, 0.15) is 6.04 Å². The van der Waals surface area contributed by atoms with E-state index in [0.717, 1.165) is 12.8 Å². The topological polar surface area (TPSA) is 55.4 Å². The summed E-state index contributed by atoms with van der Waals surface area (Å²) in [5, 5.41) is 4.49. The summed E-state index contributed by atoms with van der Waals surface area (Å²) in [4.78, 5) is 24.3. The van der Waals surface area contributed by atoms with Gasteiger partial charge in [0.15, 0.2) is 0 Å². The molecule has 0 fully saturated rings. The first kappa shape index (κ1) is 19.7. The normalized spacial score (nSPS) is 11.9. The highest BCUT2D eigenvalue weighted by Gasteiger charge is 2.18. The van der Waals surface area contributed by atoms with Crippen molar-refractivity contribution in [3.8, 4) is 0 Å². The van der Waals surface area contributed by atoms with Crippen LogP contribution >= 0.6 is 11.3 Å². The second kappa shape index (κ2) is 12.1. The molecule has 5 heteroatoms. The Morgan fingerprint density at radius 1 is 1.13 bits per heavy atom. The first-order chi connectivity index (χ1) is 11.1. The standard InChI is InChI=1S/C18H29NO3S/c1-3-4-5-6-7-8-9-10-13-22-18(21)15(2)19-17(20)16-12-11-14-23-16/h11-12,14-15H,3-10,13H2,1-2H3,(H,19,20)/t15-/m0/s1. The van der Waals surface area contributed by atoms with E-state index in [0.29, 0.717) is 11.5 Å². The van der Waals surface area contributed by atoms with Gasteiger partial charge in [-0.3, -0.25) is 4.79 Å². The zero-order valence-electron chi connectivity index (χ0n) is 14.3. The number of carbonyl (C=O) groups is 2. The van der Waals surface area contributed by atoms with Crippen LogP contribution in [-0.4, -0.2) is 24.5 Å². The molecule has 23 heavy (non-hydrogen) atoms. The lowest BCUT2D eigenvalue weighted by Crippen LogP contribution is -2.39. The molecule has 0 spiro atoms. The first-order valence-electron chi connectivity index (χ1n) is 8.66. The van der Waals surface area contributed by atoms with Crippen LogP contribution in [0.4, 0.5) is 0 Å². The average Bonchev–Trinajstić information content (AvgIpc) is 3.07. The van der Waals surface area contributed by atoms with Crippen molar-refractivity contribution in [1.29, 1.82) is 0 Å². The number of ether oxygens (including phenoxy) is 1. The molecule has 0 unspecified atom stereocenters. The number of hydrogen-bond donors (Lipinski definition) is 1. The fourth-order valence-corrected chi connectivity index (χ4v) is 2.90. The van der Waals surface area contributed by atoms with Gasteiger partial charge in [-0.05, 0) is 24.8 Å². The van der Waals surface area contributed by atoms with E-state index < -0.39 is 6.04 Å². The minimum atomic E-state index is -0.612. The molecule has 0 saturated heterocycles. The van der Waals surface area contributed by atoms with Gasteiger partial charge in [0.2, 0.25) is 0 Å². The predicted molar refractivity (Wildman–Crippen MR) is 94.8 cm³/mol. The highest BCUT2D eigenvalue weighted by Crippen LogP contribution is 2.09. The molecule has 1 amide bonds. The number of rotatable bonds is 12. The number of hydrogen-bond acceptors (Lipinski definition) is 4. The molecule has 1 atom stereocenters. The van der Waals surface area contributed by atoms with E-state index >= 15 is 0 Å². The van der Waals surface area contributed by atoms with Crippen molar-refractivity contribution in [2.24, 2.45) is 0 Å². The Labute approximate surface area is 143 Å². The van der Waals surface area contributed by atoms with E-state index in [1.807, 2.05) is 11.4 Å². The molecular formula is C18H29NO3S. The van der Waals surface area contributed by atoms with Crippen molar-refractivity contribution in [2.45, 2.75) is 71.3 Å². The van der Waals surface area contributed by atoms with Crippen LogP contribution in [0.25, 0.3) is 0 Å². The summed E-state index contributed by atoms with van der Waals surface area (Å²) < 4.78 is 5.22. The molecule has 0 radical (unpaired) electrons. The van der Waals surface area contributed by atoms with Gasteiger partial charge in [0, 0.05) is 0 Å². The van der Waals surface area contributed by atoms with Crippen molar-refractivity contribution in [3.05, 3.63) is 22.4 Å². The number of unbranched alkanes of at least 4 members (excludes halogenated alkanes) is 7. The Morgan fingerprint density at radius 3 is 2.39 bits per heavy atom. The SMILES string of the molecule is CCCCCCCCCCOC(=O)[C@H](C)NC(=O)c1cccs1. The molecule has 0 saturated carbocycles. The molecule has 1 aromatic rings. The summed E-state index contributed by atoms with van der Waals surface area (Å²) in [7, 11) is 0. The molecule has 1 rings (SSSR count). The van der Waals surface area contributed by atoms with Crippen molar-refractivity contribution < 1.29 is 14.3 Å². The third kappa shape index (κ3) is 8.74. The average molecular weight is 340 g/mol. The fourth-order valence-electron chi connectivity index (χ4n) is 2.27. The molecule has 0 aliphatic rings. The number of thiophene rings is 1. The van der Waals surface area contributed by atoms with Gasteiger partial charge in [0.05, 0.1) is 11.5 Å². The zero-order chi connectivity index (χ0) is 16.9. The van der Waals surface area contributed by atoms with E-state index in [2.05, 4.69) is 12.2 Å². The maximum Gasteiger partial charge on any atom is 0.328 e. The molecule has 1 heterocycles. The summed E-state index contributed by atoms with van der Waals surface area (Å²) in [6, 6.07) is 2.93. The molecule has 4 nitrogen and oxygen atoms in total. The Hall–Kier alpha value is -1.36. The summed E-state index contributed by atoms with van der Waals surface area (Å²) in [5.74, 6) is -0.589. The monoisotopic (exact) mass is 339 g/mol. The maximum atomic E-state index is 11.8. The van der Waals surface area contributed by atoms with Crippen molar-refractivity contribution in [3.63, 3.8) is 0 Å². The molecule has 0 aliphatic heterocycles. The summed E-state index contributed by atoms with van der Waals surface area (Å²) >= 11 is 1.35. The largest absolute Gasteiger partial charge is 0.464 e. The van der Waals surface area contributed by atoms with Gasteiger partial charge >= 0.3 is 5.97 Å². The van der Waals surface area contributed by atoms with Crippen LogP contribution < -0.4 is 5.32 Å². The number of amides is 1. The van der Waals surface area contributed by atoms with Crippen LogP contribution in [0.5, 0.6) is 0 Å². The predicted octanol–water partition coefficient (Wildman–Crippen LogP) is 4.55. The lowest BCUT2D eigenvalue weighted by molar-refractivity contribution is -0.145. The van der Waals surface area contributed by atoms with Gasteiger partial charge in [-0.2, -0.15) is 0 Å². The lowest BCUT2D eigenvalue weighted by Gasteiger charge is -2.12. The maximum absolute atomic E-state index is 11.8. The molecule has 1 N–H and O–H groups in total. The smallest absolute Gasteiger partial charge is 0.328 e. The molecule has 0 aromatic carbocycles. The molecule has 130 valence electrons. The summed E-state index contributed by atoms with van der Waals surface area (Å²) in [6.07, 6.45) is 9.68. The third-order valence-electron chi connectivity index (χ3n) is 3.69.